The average molecular weight is 414 g/mol. The number of hydrogen-bond acceptors (Lipinski definition) is 4. The van der Waals surface area contributed by atoms with Crippen molar-refractivity contribution in [2.45, 2.75) is 37.9 Å². The van der Waals surface area contributed by atoms with Crippen LogP contribution in [0.25, 0.3) is 5.57 Å². The molecule has 0 unspecified atom stereocenters. The maximum atomic E-state index is 13.3. The van der Waals surface area contributed by atoms with Crippen LogP contribution in [0.3, 0.4) is 0 Å². The molecule has 0 bridgehead atoms. The highest BCUT2D eigenvalue weighted by Gasteiger charge is 2.32. The van der Waals surface area contributed by atoms with Crippen LogP contribution in [0.2, 0.25) is 0 Å². The second-order valence-electron chi connectivity index (χ2n) is 6.48. The number of allylic oxidation sites excluding steroid dienone is 2. The Morgan fingerprint density at radius 1 is 1.21 bits per heavy atom. The van der Waals surface area contributed by atoms with Crippen molar-refractivity contribution in [2.24, 2.45) is 0 Å². The van der Waals surface area contributed by atoms with Crippen molar-refractivity contribution in [1.29, 1.82) is 0 Å². The maximum absolute atomic E-state index is 13.3. The van der Waals surface area contributed by atoms with Crippen molar-refractivity contribution in [3.8, 4) is 0 Å². The van der Waals surface area contributed by atoms with Crippen molar-refractivity contribution in [1.82, 2.24) is 14.8 Å². The molecule has 0 fully saturated rings. The number of pyridine rings is 1. The minimum Gasteiger partial charge on any atom is -0.323 e. The molecule has 0 saturated heterocycles. The number of hydrogen-bond donors (Lipinski definition) is 1. The van der Waals surface area contributed by atoms with Crippen molar-refractivity contribution >= 4 is 17.2 Å². The zero-order valence-corrected chi connectivity index (χ0v) is 14.8. The summed E-state index contributed by atoms with van der Waals surface area (Å²) < 4.78 is 64.9. The van der Waals surface area contributed by atoms with Crippen molar-refractivity contribution in [2.75, 3.05) is 5.32 Å². The first kappa shape index (κ1) is 20.6. The van der Waals surface area contributed by atoms with E-state index in [1.807, 2.05) is 0 Å². The fraction of sp³-hybridized carbons (Fsp3) is 0.333. The minimum absolute atomic E-state index is 0.0180. The van der Waals surface area contributed by atoms with Crippen molar-refractivity contribution in [3.63, 3.8) is 0 Å². The summed E-state index contributed by atoms with van der Waals surface area (Å²) in [6.45, 7) is -0.503. The fourth-order valence-electron chi connectivity index (χ4n) is 2.73. The lowest BCUT2D eigenvalue weighted by Gasteiger charge is -2.21. The number of amides is 1. The molecule has 1 amide bonds. The second-order valence-corrected chi connectivity index (χ2v) is 6.48. The van der Waals surface area contributed by atoms with Crippen LogP contribution >= 0.6 is 0 Å². The van der Waals surface area contributed by atoms with Gasteiger partial charge in [0, 0.05) is 18.9 Å². The summed E-state index contributed by atoms with van der Waals surface area (Å²) in [5, 5.41) is 6.36. The molecule has 0 radical (unpaired) electrons. The third kappa shape index (κ3) is 5.24. The Morgan fingerprint density at radius 2 is 1.97 bits per heavy atom. The van der Waals surface area contributed by atoms with Crippen LogP contribution < -0.4 is 10.9 Å². The average Bonchev–Trinajstić information content (AvgIpc) is 2.63. The van der Waals surface area contributed by atoms with Gasteiger partial charge in [-0.3, -0.25) is 9.59 Å². The minimum atomic E-state index is -4.60. The van der Waals surface area contributed by atoms with E-state index in [0.717, 1.165) is 16.9 Å². The summed E-state index contributed by atoms with van der Waals surface area (Å²) in [6.07, 6.45) is -3.07. The number of carbonyl (C=O) groups excluding carboxylic acids is 1. The van der Waals surface area contributed by atoms with Gasteiger partial charge in [0.25, 0.3) is 11.5 Å². The van der Waals surface area contributed by atoms with Gasteiger partial charge < -0.3 is 5.32 Å². The molecule has 2 heterocycles. The number of anilines is 1. The number of rotatable bonds is 4. The maximum Gasteiger partial charge on any atom is 0.433 e. The molecule has 11 heteroatoms. The van der Waals surface area contributed by atoms with E-state index in [-0.39, 0.29) is 18.5 Å². The van der Waals surface area contributed by atoms with Gasteiger partial charge in [0.1, 0.15) is 12.2 Å². The van der Waals surface area contributed by atoms with Gasteiger partial charge in [-0.15, -0.1) is 0 Å². The molecule has 0 aliphatic heterocycles. The molecule has 0 atom stereocenters. The van der Waals surface area contributed by atoms with Gasteiger partial charge in [-0.1, -0.05) is 6.08 Å². The van der Waals surface area contributed by atoms with Crippen LogP contribution in [-0.4, -0.2) is 26.6 Å². The molecule has 1 aliphatic carbocycles. The first-order chi connectivity index (χ1) is 13.5. The number of carbonyl (C=O) groups is 1. The second kappa shape index (κ2) is 7.72. The molecule has 2 aromatic heterocycles. The largest absolute Gasteiger partial charge is 0.433 e. The lowest BCUT2D eigenvalue weighted by Crippen LogP contribution is -2.30. The van der Waals surface area contributed by atoms with E-state index in [9.17, 15) is 31.5 Å². The van der Waals surface area contributed by atoms with E-state index in [1.165, 1.54) is 18.2 Å². The zero-order valence-electron chi connectivity index (χ0n) is 14.8. The van der Waals surface area contributed by atoms with Gasteiger partial charge in [0.05, 0.1) is 17.6 Å². The third-order valence-corrected chi connectivity index (χ3v) is 4.23. The Kier molecular flexibility index (Phi) is 5.49. The number of nitrogens with one attached hydrogen (secondary N) is 1. The van der Waals surface area contributed by atoms with E-state index < -0.39 is 42.2 Å². The van der Waals surface area contributed by atoms with E-state index >= 15 is 0 Å². The summed E-state index contributed by atoms with van der Waals surface area (Å²) >= 11 is 0. The Bertz CT molecular complexity index is 997. The topological polar surface area (TPSA) is 76.9 Å². The predicted octanol–water partition coefficient (Wildman–Crippen LogP) is 3.50. The van der Waals surface area contributed by atoms with E-state index in [4.69, 9.17) is 0 Å². The molecular formula is C18H15F5N4O2. The van der Waals surface area contributed by atoms with Crippen LogP contribution in [-0.2, 0) is 17.5 Å². The van der Waals surface area contributed by atoms with Gasteiger partial charge in [-0.25, -0.2) is 18.4 Å². The molecule has 0 saturated carbocycles. The Labute approximate surface area is 161 Å². The lowest BCUT2D eigenvalue weighted by molar-refractivity contribution is -0.141. The number of halogens is 5. The molecule has 1 aliphatic rings. The predicted molar refractivity (Wildman–Crippen MR) is 93.1 cm³/mol. The molecular weight excluding hydrogens is 399 g/mol. The van der Waals surface area contributed by atoms with Crippen molar-refractivity contribution in [3.05, 3.63) is 58.3 Å². The Hall–Kier alpha value is -3.11. The summed E-state index contributed by atoms with van der Waals surface area (Å²) in [5.74, 6) is -3.48. The van der Waals surface area contributed by atoms with Crippen LogP contribution in [0.15, 0.2) is 41.3 Å². The van der Waals surface area contributed by atoms with E-state index in [0.29, 0.717) is 17.3 Å². The molecule has 0 spiro atoms. The third-order valence-electron chi connectivity index (χ3n) is 4.23. The van der Waals surface area contributed by atoms with E-state index in [2.05, 4.69) is 15.4 Å². The molecule has 6 nitrogen and oxygen atoms in total. The van der Waals surface area contributed by atoms with Gasteiger partial charge in [-0.05, 0) is 30.2 Å². The monoisotopic (exact) mass is 414 g/mol. The smallest absolute Gasteiger partial charge is 0.323 e. The van der Waals surface area contributed by atoms with Gasteiger partial charge in [0.15, 0.2) is 0 Å². The quantitative estimate of drug-likeness (QED) is 0.777. The van der Waals surface area contributed by atoms with Crippen LogP contribution in [0, 0.1) is 0 Å². The molecule has 3 rings (SSSR count). The van der Waals surface area contributed by atoms with Gasteiger partial charge >= 0.3 is 6.18 Å². The first-order valence-corrected chi connectivity index (χ1v) is 8.52. The number of alkyl halides is 5. The molecule has 29 heavy (non-hydrogen) atoms. The number of nitrogens with zero attached hydrogens (tertiary/aromatic N) is 3. The van der Waals surface area contributed by atoms with Gasteiger partial charge in [-0.2, -0.15) is 18.3 Å². The summed E-state index contributed by atoms with van der Waals surface area (Å²) in [5.41, 5.74) is -0.811. The fourth-order valence-corrected chi connectivity index (χ4v) is 2.73. The van der Waals surface area contributed by atoms with Crippen molar-refractivity contribution < 1.29 is 26.7 Å². The summed E-state index contributed by atoms with van der Waals surface area (Å²) in [7, 11) is 0. The van der Waals surface area contributed by atoms with Crippen LogP contribution in [0.4, 0.5) is 27.6 Å². The van der Waals surface area contributed by atoms with E-state index in [1.54, 1.807) is 0 Å². The molecule has 154 valence electrons. The standard InChI is InChI=1S/C18H15F5N4O2/c19-17(20)7-5-11(6-8-17)13-2-4-16(29)27(26-13)10-15(28)25-12-1-3-14(24-9-12)18(21,22)23/h1-5,9H,6-8,10H2,(H,25,28). The van der Waals surface area contributed by atoms with Gasteiger partial charge in [0.2, 0.25) is 5.91 Å². The molecule has 2 aromatic rings. The summed E-state index contributed by atoms with van der Waals surface area (Å²) in [6, 6.07) is 4.31. The SMILES string of the molecule is O=C(Cn1nc(C2=CCC(F)(F)CC2)ccc1=O)Nc1ccc(C(F)(F)F)nc1. The van der Waals surface area contributed by atoms with Crippen LogP contribution in [0.5, 0.6) is 0 Å². The number of aromatic nitrogens is 3. The Balaban J connectivity index is 1.70. The highest BCUT2D eigenvalue weighted by atomic mass is 19.4. The van der Waals surface area contributed by atoms with Crippen LogP contribution in [0.1, 0.15) is 30.7 Å². The lowest BCUT2D eigenvalue weighted by atomic mass is 9.94. The molecule has 0 aromatic carbocycles. The normalized spacial score (nSPS) is 16.2. The Morgan fingerprint density at radius 3 is 2.55 bits per heavy atom. The zero-order chi connectivity index (χ0) is 21.2. The highest BCUT2D eigenvalue weighted by molar-refractivity contribution is 5.90. The molecule has 1 N–H and O–H groups in total. The summed E-state index contributed by atoms with van der Waals surface area (Å²) in [4.78, 5) is 27.3. The highest BCUT2D eigenvalue weighted by Crippen LogP contribution is 2.35. The first-order valence-electron chi connectivity index (χ1n) is 8.52.